The van der Waals surface area contributed by atoms with E-state index in [1.54, 1.807) is 6.20 Å². The van der Waals surface area contributed by atoms with Crippen LogP contribution in [0.1, 0.15) is 11.6 Å². The Morgan fingerprint density at radius 3 is 3.15 bits per heavy atom. The number of nitrogens with one attached hydrogen (secondary N) is 1. The summed E-state index contributed by atoms with van der Waals surface area (Å²) in [5, 5.41) is 11.1. The van der Waals surface area contributed by atoms with Gasteiger partial charge in [-0.05, 0) is 6.92 Å². The SMILES string of the molecule is Cc1nc(SCc2ccno2)n[nH]1. The molecule has 0 spiro atoms. The zero-order valence-corrected chi connectivity index (χ0v) is 7.84. The zero-order chi connectivity index (χ0) is 9.10. The van der Waals surface area contributed by atoms with Gasteiger partial charge in [0.2, 0.25) is 5.16 Å². The molecular weight excluding hydrogens is 188 g/mol. The minimum atomic E-state index is 0.706. The van der Waals surface area contributed by atoms with Crippen molar-refractivity contribution in [3.63, 3.8) is 0 Å². The number of hydrogen-bond acceptors (Lipinski definition) is 5. The summed E-state index contributed by atoms with van der Waals surface area (Å²) in [4.78, 5) is 4.14. The van der Waals surface area contributed by atoms with Crippen LogP contribution in [0.5, 0.6) is 0 Å². The van der Waals surface area contributed by atoms with Crippen molar-refractivity contribution in [2.45, 2.75) is 17.8 Å². The van der Waals surface area contributed by atoms with Gasteiger partial charge in [-0.2, -0.15) is 0 Å². The average molecular weight is 196 g/mol. The fraction of sp³-hybridized carbons (Fsp3) is 0.286. The molecule has 0 aliphatic carbocycles. The first-order chi connectivity index (χ1) is 6.34. The summed E-state index contributed by atoms with van der Waals surface area (Å²) >= 11 is 1.51. The highest BCUT2D eigenvalue weighted by Gasteiger charge is 2.02. The molecule has 13 heavy (non-hydrogen) atoms. The van der Waals surface area contributed by atoms with Crippen LogP contribution >= 0.6 is 11.8 Å². The van der Waals surface area contributed by atoms with Crippen molar-refractivity contribution < 1.29 is 4.52 Å². The van der Waals surface area contributed by atoms with Gasteiger partial charge in [-0.1, -0.05) is 16.9 Å². The third-order valence-corrected chi connectivity index (χ3v) is 2.28. The first kappa shape index (κ1) is 8.31. The number of rotatable bonds is 3. The van der Waals surface area contributed by atoms with E-state index >= 15 is 0 Å². The second kappa shape index (κ2) is 3.61. The number of thioether (sulfide) groups is 1. The van der Waals surface area contributed by atoms with Gasteiger partial charge in [0.05, 0.1) is 11.9 Å². The molecule has 6 heteroatoms. The predicted octanol–water partition coefficient (Wildman–Crippen LogP) is 1.39. The van der Waals surface area contributed by atoms with Gasteiger partial charge in [0.1, 0.15) is 11.6 Å². The summed E-state index contributed by atoms with van der Waals surface area (Å²) in [7, 11) is 0. The molecule has 0 fully saturated rings. The second-order valence-electron chi connectivity index (χ2n) is 2.47. The fourth-order valence-corrected chi connectivity index (χ4v) is 1.57. The Morgan fingerprint density at radius 1 is 1.62 bits per heavy atom. The summed E-state index contributed by atoms with van der Waals surface area (Å²) in [5.74, 6) is 2.35. The smallest absolute Gasteiger partial charge is 0.208 e. The molecular formula is C7H8N4OS. The van der Waals surface area contributed by atoms with E-state index in [9.17, 15) is 0 Å². The molecule has 0 radical (unpaired) electrons. The maximum Gasteiger partial charge on any atom is 0.208 e. The van der Waals surface area contributed by atoms with Gasteiger partial charge in [-0.25, -0.2) is 4.98 Å². The highest BCUT2D eigenvalue weighted by atomic mass is 32.2. The summed E-state index contributed by atoms with van der Waals surface area (Å²) in [5.41, 5.74) is 0. The quantitative estimate of drug-likeness (QED) is 0.751. The van der Waals surface area contributed by atoms with Gasteiger partial charge in [0, 0.05) is 6.07 Å². The van der Waals surface area contributed by atoms with E-state index in [0.717, 1.165) is 16.7 Å². The van der Waals surface area contributed by atoms with Crippen LogP contribution in [-0.2, 0) is 5.75 Å². The van der Waals surface area contributed by atoms with Crippen LogP contribution < -0.4 is 0 Å². The molecule has 5 nitrogen and oxygen atoms in total. The standard InChI is InChI=1S/C7H8N4OS/c1-5-9-7(11-10-5)13-4-6-2-3-8-12-6/h2-3H,4H2,1H3,(H,9,10,11). The summed E-state index contributed by atoms with van der Waals surface area (Å²) in [6, 6.07) is 1.83. The Kier molecular flexibility index (Phi) is 2.31. The van der Waals surface area contributed by atoms with Crippen molar-refractivity contribution in [3.05, 3.63) is 23.8 Å². The highest BCUT2D eigenvalue weighted by Crippen LogP contribution is 2.17. The van der Waals surface area contributed by atoms with E-state index in [4.69, 9.17) is 4.52 Å². The lowest BCUT2D eigenvalue weighted by atomic mass is 10.5. The molecule has 0 saturated heterocycles. The van der Waals surface area contributed by atoms with Gasteiger partial charge < -0.3 is 4.52 Å². The van der Waals surface area contributed by atoms with Crippen LogP contribution in [0.3, 0.4) is 0 Å². The molecule has 0 atom stereocenters. The van der Waals surface area contributed by atoms with E-state index < -0.39 is 0 Å². The van der Waals surface area contributed by atoms with Crippen molar-refractivity contribution in [1.29, 1.82) is 0 Å². The first-order valence-corrected chi connectivity index (χ1v) is 4.74. The molecule has 2 rings (SSSR count). The lowest BCUT2D eigenvalue weighted by Crippen LogP contribution is -1.78. The van der Waals surface area contributed by atoms with Crippen molar-refractivity contribution in [1.82, 2.24) is 20.3 Å². The minimum Gasteiger partial charge on any atom is -0.361 e. The number of aromatic amines is 1. The zero-order valence-electron chi connectivity index (χ0n) is 7.02. The molecule has 2 aromatic heterocycles. The number of aromatic nitrogens is 4. The van der Waals surface area contributed by atoms with Crippen molar-refractivity contribution in [2.75, 3.05) is 0 Å². The molecule has 0 aromatic carbocycles. The van der Waals surface area contributed by atoms with Gasteiger partial charge in [0.15, 0.2) is 0 Å². The Morgan fingerprint density at radius 2 is 2.54 bits per heavy atom. The largest absolute Gasteiger partial charge is 0.361 e. The van der Waals surface area contributed by atoms with Crippen LogP contribution in [0.2, 0.25) is 0 Å². The number of aryl methyl sites for hydroxylation is 1. The van der Waals surface area contributed by atoms with E-state index in [1.807, 2.05) is 13.0 Å². The van der Waals surface area contributed by atoms with E-state index in [1.165, 1.54) is 11.8 Å². The van der Waals surface area contributed by atoms with Crippen molar-refractivity contribution >= 4 is 11.8 Å². The summed E-state index contributed by atoms with van der Waals surface area (Å²) in [6.45, 7) is 1.87. The second-order valence-corrected chi connectivity index (χ2v) is 3.41. The number of nitrogens with zero attached hydrogens (tertiary/aromatic N) is 3. The van der Waals surface area contributed by atoms with E-state index in [-0.39, 0.29) is 0 Å². The lowest BCUT2D eigenvalue weighted by Gasteiger charge is -1.89. The average Bonchev–Trinajstić information content (AvgIpc) is 2.71. The Labute approximate surface area is 78.9 Å². The molecule has 0 saturated carbocycles. The minimum absolute atomic E-state index is 0.706. The molecule has 1 N–H and O–H groups in total. The topological polar surface area (TPSA) is 67.6 Å². The van der Waals surface area contributed by atoms with Crippen molar-refractivity contribution in [3.8, 4) is 0 Å². The van der Waals surface area contributed by atoms with Crippen LogP contribution in [0, 0.1) is 6.92 Å². The molecule has 2 aromatic rings. The highest BCUT2D eigenvalue weighted by molar-refractivity contribution is 7.98. The maximum absolute atomic E-state index is 4.93. The maximum atomic E-state index is 4.93. The first-order valence-electron chi connectivity index (χ1n) is 3.76. The fourth-order valence-electron chi connectivity index (χ4n) is 0.839. The molecule has 0 aliphatic heterocycles. The van der Waals surface area contributed by atoms with Gasteiger partial charge >= 0.3 is 0 Å². The molecule has 0 amide bonds. The van der Waals surface area contributed by atoms with E-state index in [0.29, 0.717) is 5.75 Å². The van der Waals surface area contributed by atoms with Gasteiger partial charge in [0.25, 0.3) is 0 Å². The van der Waals surface area contributed by atoms with Gasteiger partial charge in [-0.3, -0.25) is 5.10 Å². The summed E-state index contributed by atoms with van der Waals surface area (Å²) in [6.07, 6.45) is 1.62. The van der Waals surface area contributed by atoms with Crippen LogP contribution in [0.15, 0.2) is 21.9 Å². The molecule has 2 heterocycles. The van der Waals surface area contributed by atoms with Gasteiger partial charge in [-0.15, -0.1) is 5.10 Å². The molecule has 0 aliphatic rings. The normalized spacial score (nSPS) is 10.5. The third-order valence-electron chi connectivity index (χ3n) is 1.41. The third kappa shape index (κ3) is 2.09. The van der Waals surface area contributed by atoms with Crippen LogP contribution in [0.4, 0.5) is 0 Å². The van der Waals surface area contributed by atoms with Crippen LogP contribution in [0.25, 0.3) is 0 Å². The van der Waals surface area contributed by atoms with Crippen LogP contribution in [-0.4, -0.2) is 20.3 Å². The predicted molar refractivity (Wildman–Crippen MR) is 47.2 cm³/mol. The van der Waals surface area contributed by atoms with Crippen molar-refractivity contribution in [2.24, 2.45) is 0 Å². The number of H-pyrrole nitrogens is 1. The molecule has 0 bridgehead atoms. The molecule has 0 unspecified atom stereocenters. The van der Waals surface area contributed by atoms with E-state index in [2.05, 4.69) is 20.3 Å². The Bertz CT molecular complexity index is 370. The Hall–Kier alpha value is -1.30. The molecule has 68 valence electrons. The Balaban J connectivity index is 1.93. The monoisotopic (exact) mass is 196 g/mol. The summed E-state index contributed by atoms with van der Waals surface area (Å²) < 4.78 is 4.93. The number of hydrogen-bond donors (Lipinski definition) is 1. The lowest BCUT2D eigenvalue weighted by molar-refractivity contribution is 0.395.